The van der Waals surface area contributed by atoms with Crippen LogP contribution in [0.1, 0.15) is 12.8 Å². The van der Waals surface area contributed by atoms with Crippen molar-refractivity contribution in [2.75, 3.05) is 31.5 Å². The first-order valence-electron chi connectivity index (χ1n) is 5.29. The summed E-state index contributed by atoms with van der Waals surface area (Å²) in [5, 5.41) is 3.25. The average Bonchev–Trinajstić information content (AvgIpc) is 2.57. The lowest BCUT2D eigenvalue weighted by molar-refractivity contribution is -0.137. The summed E-state index contributed by atoms with van der Waals surface area (Å²) in [6.07, 6.45) is 1.78. The molecule has 0 aliphatic carbocycles. The van der Waals surface area contributed by atoms with Crippen LogP contribution >= 0.6 is 0 Å². The molecular weight excluding hydrogens is 218 g/mol. The molecule has 15 heavy (non-hydrogen) atoms. The molecule has 0 aromatic rings. The van der Waals surface area contributed by atoms with Crippen molar-refractivity contribution in [3.63, 3.8) is 0 Å². The molecule has 2 unspecified atom stereocenters. The molecule has 0 bridgehead atoms. The van der Waals surface area contributed by atoms with Crippen molar-refractivity contribution in [2.24, 2.45) is 0 Å². The second-order valence-electron chi connectivity index (χ2n) is 4.11. The van der Waals surface area contributed by atoms with E-state index in [-0.39, 0.29) is 17.9 Å². The minimum Gasteiger partial charge on any atom is -0.355 e. The standard InChI is InChI=1S/C9H17NO4S/c11-15(12)4-2-8(6-15)10-5-9-1-3-13-7-14-9/h8-10H,1-7H2. The van der Waals surface area contributed by atoms with Gasteiger partial charge in [-0.1, -0.05) is 0 Å². The number of rotatable bonds is 3. The minimum atomic E-state index is -2.78. The molecule has 0 radical (unpaired) electrons. The highest BCUT2D eigenvalue weighted by atomic mass is 32.2. The largest absolute Gasteiger partial charge is 0.355 e. The summed E-state index contributed by atoms with van der Waals surface area (Å²) in [5.74, 6) is 0.593. The normalized spacial score (nSPS) is 35.5. The summed E-state index contributed by atoms with van der Waals surface area (Å²) in [7, 11) is -2.78. The molecule has 2 atom stereocenters. The van der Waals surface area contributed by atoms with Crippen LogP contribution in [0.3, 0.4) is 0 Å². The summed E-state index contributed by atoms with van der Waals surface area (Å²) in [4.78, 5) is 0. The zero-order valence-corrected chi connectivity index (χ0v) is 9.46. The van der Waals surface area contributed by atoms with Gasteiger partial charge in [0.2, 0.25) is 0 Å². The maximum absolute atomic E-state index is 11.2. The molecule has 0 saturated carbocycles. The molecule has 2 rings (SSSR count). The zero-order valence-electron chi connectivity index (χ0n) is 8.65. The second kappa shape index (κ2) is 4.78. The summed E-state index contributed by atoms with van der Waals surface area (Å²) in [6, 6.07) is 0.112. The summed E-state index contributed by atoms with van der Waals surface area (Å²) in [5.41, 5.74) is 0. The van der Waals surface area contributed by atoms with Gasteiger partial charge in [-0.2, -0.15) is 0 Å². The van der Waals surface area contributed by atoms with Gasteiger partial charge in [-0.15, -0.1) is 0 Å². The van der Waals surface area contributed by atoms with Gasteiger partial charge in [-0.3, -0.25) is 0 Å². The highest BCUT2D eigenvalue weighted by molar-refractivity contribution is 7.91. The smallest absolute Gasteiger partial charge is 0.151 e. The van der Waals surface area contributed by atoms with Crippen LogP contribution < -0.4 is 5.32 Å². The van der Waals surface area contributed by atoms with Gasteiger partial charge in [0.25, 0.3) is 0 Å². The molecule has 88 valence electrons. The van der Waals surface area contributed by atoms with Crippen molar-refractivity contribution >= 4 is 9.84 Å². The fraction of sp³-hybridized carbons (Fsp3) is 1.00. The minimum absolute atomic E-state index is 0.112. The van der Waals surface area contributed by atoms with E-state index in [4.69, 9.17) is 9.47 Å². The Hall–Kier alpha value is -0.170. The first-order chi connectivity index (χ1) is 7.16. The van der Waals surface area contributed by atoms with Crippen LogP contribution in [0.4, 0.5) is 0 Å². The highest BCUT2D eigenvalue weighted by Gasteiger charge is 2.28. The van der Waals surface area contributed by atoms with E-state index < -0.39 is 9.84 Å². The lowest BCUT2D eigenvalue weighted by Crippen LogP contribution is -2.39. The van der Waals surface area contributed by atoms with Crippen molar-refractivity contribution in [2.45, 2.75) is 25.0 Å². The third-order valence-corrected chi connectivity index (χ3v) is 4.61. The number of hydrogen-bond donors (Lipinski definition) is 1. The molecule has 0 aromatic carbocycles. The summed E-state index contributed by atoms with van der Waals surface area (Å²) >= 11 is 0. The fourth-order valence-electron chi connectivity index (χ4n) is 1.92. The van der Waals surface area contributed by atoms with Crippen LogP contribution in [0.25, 0.3) is 0 Å². The van der Waals surface area contributed by atoms with Gasteiger partial charge >= 0.3 is 0 Å². The molecule has 6 heteroatoms. The van der Waals surface area contributed by atoms with Gasteiger partial charge in [0.1, 0.15) is 6.79 Å². The number of ether oxygens (including phenoxy) is 2. The zero-order chi connectivity index (χ0) is 10.7. The van der Waals surface area contributed by atoms with Gasteiger partial charge in [-0.05, 0) is 12.8 Å². The van der Waals surface area contributed by atoms with Crippen molar-refractivity contribution in [3.8, 4) is 0 Å². The lowest BCUT2D eigenvalue weighted by atomic mass is 10.2. The maximum Gasteiger partial charge on any atom is 0.151 e. The van der Waals surface area contributed by atoms with E-state index in [1.54, 1.807) is 0 Å². The number of nitrogens with one attached hydrogen (secondary N) is 1. The fourth-order valence-corrected chi connectivity index (χ4v) is 3.62. The van der Waals surface area contributed by atoms with Crippen LogP contribution in [-0.4, -0.2) is 52.0 Å². The first-order valence-corrected chi connectivity index (χ1v) is 7.11. The maximum atomic E-state index is 11.2. The predicted molar refractivity (Wildman–Crippen MR) is 55.4 cm³/mol. The summed E-state index contributed by atoms with van der Waals surface area (Å²) in [6.45, 7) is 1.81. The van der Waals surface area contributed by atoms with Crippen molar-refractivity contribution in [1.82, 2.24) is 5.32 Å². The monoisotopic (exact) mass is 235 g/mol. The third kappa shape index (κ3) is 3.41. The van der Waals surface area contributed by atoms with Crippen molar-refractivity contribution < 1.29 is 17.9 Å². The van der Waals surface area contributed by atoms with E-state index in [9.17, 15) is 8.42 Å². The Morgan fingerprint density at radius 1 is 1.33 bits per heavy atom. The number of sulfone groups is 1. The van der Waals surface area contributed by atoms with Crippen molar-refractivity contribution in [3.05, 3.63) is 0 Å². The van der Waals surface area contributed by atoms with E-state index in [2.05, 4.69) is 5.32 Å². The molecule has 0 aromatic heterocycles. The summed E-state index contributed by atoms with van der Waals surface area (Å²) < 4.78 is 32.8. The van der Waals surface area contributed by atoms with E-state index in [0.29, 0.717) is 12.5 Å². The Balaban J connectivity index is 1.70. The Kier molecular flexibility index (Phi) is 3.60. The molecular formula is C9H17NO4S. The van der Waals surface area contributed by atoms with Crippen LogP contribution in [-0.2, 0) is 19.3 Å². The Bertz CT molecular complexity index is 297. The molecule has 0 amide bonds. The third-order valence-electron chi connectivity index (χ3n) is 2.84. The molecule has 2 heterocycles. The van der Waals surface area contributed by atoms with Gasteiger partial charge in [0, 0.05) is 12.6 Å². The lowest BCUT2D eigenvalue weighted by Gasteiger charge is -2.24. The molecule has 2 saturated heterocycles. The molecule has 0 spiro atoms. The predicted octanol–water partition coefficient (Wildman–Crippen LogP) is -0.474. The SMILES string of the molecule is O=S1(=O)CCC(NCC2CCOCO2)C1. The van der Waals surface area contributed by atoms with Crippen LogP contribution in [0.15, 0.2) is 0 Å². The molecule has 5 nitrogen and oxygen atoms in total. The van der Waals surface area contributed by atoms with E-state index in [1.165, 1.54) is 0 Å². The van der Waals surface area contributed by atoms with Gasteiger partial charge in [0.05, 0.1) is 24.2 Å². The van der Waals surface area contributed by atoms with Crippen molar-refractivity contribution in [1.29, 1.82) is 0 Å². The molecule has 2 aliphatic rings. The topological polar surface area (TPSA) is 64.6 Å². The van der Waals surface area contributed by atoms with Gasteiger partial charge in [-0.25, -0.2) is 8.42 Å². The van der Waals surface area contributed by atoms with Gasteiger partial charge < -0.3 is 14.8 Å². The highest BCUT2D eigenvalue weighted by Crippen LogP contribution is 2.12. The average molecular weight is 235 g/mol. The van der Waals surface area contributed by atoms with Crippen LogP contribution in [0.5, 0.6) is 0 Å². The first kappa shape index (κ1) is 11.3. The molecule has 1 N–H and O–H groups in total. The van der Waals surface area contributed by atoms with Crippen LogP contribution in [0, 0.1) is 0 Å². The van der Waals surface area contributed by atoms with Crippen LogP contribution in [0.2, 0.25) is 0 Å². The Labute approximate surface area is 90.0 Å². The Morgan fingerprint density at radius 3 is 2.80 bits per heavy atom. The molecule has 2 fully saturated rings. The Morgan fingerprint density at radius 2 is 2.20 bits per heavy atom. The van der Waals surface area contributed by atoms with Gasteiger partial charge in [0.15, 0.2) is 9.84 Å². The second-order valence-corrected chi connectivity index (χ2v) is 6.34. The number of hydrogen-bond acceptors (Lipinski definition) is 5. The van der Waals surface area contributed by atoms with E-state index in [0.717, 1.165) is 26.0 Å². The molecule has 2 aliphatic heterocycles. The van der Waals surface area contributed by atoms with E-state index in [1.807, 2.05) is 0 Å². The van der Waals surface area contributed by atoms with E-state index >= 15 is 0 Å². The quantitative estimate of drug-likeness (QED) is 0.716.